The molecule has 0 bridgehead atoms. The van der Waals surface area contributed by atoms with E-state index in [1.807, 2.05) is 6.92 Å². The fourth-order valence-corrected chi connectivity index (χ4v) is 1.11. The lowest BCUT2D eigenvalue weighted by Crippen LogP contribution is -2.36. The highest BCUT2D eigenvalue weighted by Gasteiger charge is 2.29. The van der Waals surface area contributed by atoms with Gasteiger partial charge in [-0.1, -0.05) is 0 Å². The summed E-state index contributed by atoms with van der Waals surface area (Å²) in [6.07, 6.45) is 1.36. The van der Waals surface area contributed by atoms with Gasteiger partial charge in [0.05, 0.1) is 12.7 Å². The van der Waals surface area contributed by atoms with Crippen LogP contribution in [0, 0.1) is 0 Å². The summed E-state index contributed by atoms with van der Waals surface area (Å²) in [4.78, 5) is 0. The predicted octanol–water partition coefficient (Wildman–Crippen LogP) is 0.513. The molecule has 1 fully saturated rings. The van der Waals surface area contributed by atoms with Gasteiger partial charge >= 0.3 is 0 Å². The molecule has 0 aromatic rings. The van der Waals surface area contributed by atoms with Gasteiger partial charge in [-0.15, -0.1) is 0 Å². The van der Waals surface area contributed by atoms with Gasteiger partial charge < -0.3 is 10.5 Å². The standard InChI is InChI=1S/C6H13NO/c1-5-3-6(2,7)4-8-5/h5H,3-4,7H2,1-2H3. The van der Waals surface area contributed by atoms with Crippen molar-refractivity contribution in [3.8, 4) is 0 Å². The minimum atomic E-state index is -0.0561. The van der Waals surface area contributed by atoms with Gasteiger partial charge in [-0.05, 0) is 20.3 Å². The summed E-state index contributed by atoms with van der Waals surface area (Å²) in [5.74, 6) is 0. The molecule has 2 N–H and O–H groups in total. The molecule has 48 valence electrons. The van der Waals surface area contributed by atoms with Gasteiger partial charge in [0.1, 0.15) is 0 Å². The van der Waals surface area contributed by atoms with Crippen LogP contribution in [0.25, 0.3) is 0 Å². The van der Waals surface area contributed by atoms with E-state index in [1.54, 1.807) is 0 Å². The first kappa shape index (κ1) is 6.05. The van der Waals surface area contributed by atoms with E-state index in [0.717, 1.165) is 6.42 Å². The zero-order valence-corrected chi connectivity index (χ0v) is 5.48. The lowest BCUT2D eigenvalue weighted by Gasteiger charge is -2.12. The van der Waals surface area contributed by atoms with Gasteiger partial charge in [0.25, 0.3) is 0 Å². The highest BCUT2D eigenvalue weighted by Crippen LogP contribution is 2.19. The van der Waals surface area contributed by atoms with E-state index in [9.17, 15) is 0 Å². The number of ether oxygens (including phenoxy) is 1. The van der Waals surface area contributed by atoms with Crippen molar-refractivity contribution in [1.29, 1.82) is 0 Å². The van der Waals surface area contributed by atoms with Crippen molar-refractivity contribution >= 4 is 0 Å². The third-order valence-corrected chi connectivity index (χ3v) is 1.45. The molecule has 2 nitrogen and oxygen atoms in total. The quantitative estimate of drug-likeness (QED) is 0.499. The van der Waals surface area contributed by atoms with E-state index in [4.69, 9.17) is 10.5 Å². The fourth-order valence-electron chi connectivity index (χ4n) is 1.11. The summed E-state index contributed by atoms with van der Waals surface area (Å²) in [6.45, 7) is 4.79. The topological polar surface area (TPSA) is 35.2 Å². The molecular formula is C6H13NO. The van der Waals surface area contributed by atoms with Crippen LogP contribution in [-0.2, 0) is 4.74 Å². The second kappa shape index (κ2) is 1.71. The minimum absolute atomic E-state index is 0.0561. The Morgan fingerprint density at radius 1 is 1.75 bits per heavy atom. The monoisotopic (exact) mass is 115 g/mol. The minimum Gasteiger partial charge on any atom is -0.377 e. The molecule has 2 atom stereocenters. The van der Waals surface area contributed by atoms with Crippen LogP contribution in [0.2, 0.25) is 0 Å². The van der Waals surface area contributed by atoms with Crippen LogP contribution in [0.5, 0.6) is 0 Å². The van der Waals surface area contributed by atoms with Crippen molar-refractivity contribution < 1.29 is 4.74 Å². The SMILES string of the molecule is CC1CC(C)(N)CO1. The van der Waals surface area contributed by atoms with Gasteiger partial charge in [0.2, 0.25) is 0 Å². The van der Waals surface area contributed by atoms with E-state index in [1.165, 1.54) is 0 Å². The first-order valence-electron chi connectivity index (χ1n) is 3.01. The third kappa shape index (κ3) is 1.20. The zero-order chi connectivity index (χ0) is 6.20. The fraction of sp³-hybridized carbons (Fsp3) is 1.00. The molecule has 1 aliphatic rings. The highest BCUT2D eigenvalue weighted by molar-refractivity contribution is 4.86. The van der Waals surface area contributed by atoms with Crippen molar-refractivity contribution in [3.05, 3.63) is 0 Å². The number of nitrogens with two attached hydrogens (primary N) is 1. The van der Waals surface area contributed by atoms with E-state index >= 15 is 0 Å². The van der Waals surface area contributed by atoms with Crippen LogP contribution in [-0.4, -0.2) is 18.2 Å². The third-order valence-electron chi connectivity index (χ3n) is 1.45. The van der Waals surface area contributed by atoms with E-state index < -0.39 is 0 Å². The van der Waals surface area contributed by atoms with Crippen LogP contribution in [0.3, 0.4) is 0 Å². The largest absolute Gasteiger partial charge is 0.377 e. The second-order valence-electron chi connectivity index (χ2n) is 2.98. The Balaban J connectivity index is 2.44. The molecule has 2 unspecified atom stereocenters. The molecule has 0 radical (unpaired) electrons. The molecule has 1 rings (SSSR count). The average Bonchev–Trinajstić information content (AvgIpc) is 1.82. The van der Waals surface area contributed by atoms with Crippen LogP contribution in [0.4, 0.5) is 0 Å². The van der Waals surface area contributed by atoms with Crippen LogP contribution in [0.15, 0.2) is 0 Å². The van der Waals surface area contributed by atoms with Gasteiger partial charge in [0, 0.05) is 5.54 Å². The molecule has 0 saturated carbocycles. The Bertz CT molecular complexity index is 90.5. The molecule has 0 aromatic heterocycles. The Kier molecular flexibility index (Phi) is 1.29. The van der Waals surface area contributed by atoms with Crippen LogP contribution >= 0.6 is 0 Å². The van der Waals surface area contributed by atoms with Crippen molar-refractivity contribution in [2.45, 2.75) is 31.9 Å². The van der Waals surface area contributed by atoms with Crippen molar-refractivity contribution in [2.75, 3.05) is 6.61 Å². The summed E-state index contributed by atoms with van der Waals surface area (Å²) in [5.41, 5.74) is 5.69. The Morgan fingerprint density at radius 2 is 2.38 bits per heavy atom. The highest BCUT2D eigenvalue weighted by atomic mass is 16.5. The average molecular weight is 115 g/mol. The van der Waals surface area contributed by atoms with Gasteiger partial charge in [-0.25, -0.2) is 0 Å². The molecule has 1 saturated heterocycles. The smallest absolute Gasteiger partial charge is 0.0648 e. The van der Waals surface area contributed by atoms with E-state index in [-0.39, 0.29) is 5.54 Å². The molecular weight excluding hydrogens is 102 g/mol. The zero-order valence-electron chi connectivity index (χ0n) is 5.48. The summed E-state index contributed by atoms with van der Waals surface area (Å²) in [6, 6.07) is 0. The van der Waals surface area contributed by atoms with E-state index in [2.05, 4.69) is 6.92 Å². The molecule has 8 heavy (non-hydrogen) atoms. The molecule has 1 heterocycles. The maximum atomic E-state index is 5.74. The molecule has 2 heteroatoms. The van der Waals surface area contributed by atoms with Crippen LogP contribution < -0.4 is 5.73 Å². The summed E-state index contributed by atoms with van der Waals surface area (Å²) in [5, 5.41) is 0. The van der Waals surface area contributed by atoms with Crippen molar-refractivity contribution in [2.24, 2.45) is 5.73 Å². The molecule has 0 aliphatic carbocycles. The lowest BCUT2D eigenvalue weighted by molar-refractivity contribution is 0.118. The maximum absolute atomic E-state index is 5.74. The normalized spacial score (nSPS) is 47.6. The maximum Gasteiger partial charge on any atom is 0.0648 e. The predicted molar refractivity (Wildman–Crippen MR) is 32.6 cm³/mol. The molecule has 0 amide bonds. The van der Waals surface area contributed by atoms with Gasteiger partial charge in [-0.2, -0.15) is 0 Å². The van der Waals surface area contributed by atoms with Gasteiger partial charge in [0.15, 0.2) is 0 Å². The summed E-state index contributed by atoms with van der Waals surface area (Å²) >= 11 is 0. The summed E-state index contributed by atoms with van der Waals surface area (Å²) < 4.78 is 5.24. The number of rotatable bonds is 0. The van der Waals surface area contributed by atoms with Crippen molar-refractivity contribution in [3.63, 3.8) is 0 Å². The molecule has 0 spiro atoms. The van der Waals surface area contributed by atoms with Crippen LogP contribution in [0.1, 0.15) is 20.3 Å². The Labute approximate surface area is 50.0 Å². The number of hydrogen-bond acceptors (Lipinski definition) is 2. The van der Waals surface area contributed by atoms with Crippen molar-refractivity contribution in [1.82, 2.24) is 0 Å². The molecule has 1 aliphatic heterocycles. The first-order valence-corrected chi connectivity index (χ1v) is 3.01. The van der Waals surface area contributed by atoms with E-state index in [0.29, 0.717) is 12.7 Å². The van der Waals surface area contributed by atoms with Gasteiger partial charge in [-0.3, -0.25) is 0 Å². The molecule has 0 aromatic carbocycles. The lowest BCUT2D eigenvalue weighted by atomic mass is 10.0. The Hall–Kier alpha value is -0.0800. The second-order valence-corrected chi connectivity index (χ2v) is 2.98. The first-order chi connectivity index (χ1) is 3.60. The Morgan fingerprint density at radius 3 is 2.50 bits per heavy atom. The summed E-state index contributed by atoms with van der Waals surface area (Å²) in [7, 11) is 0. The number of hydrogen-bond donors (Lipinski definition) is 1.